The number of aliphatic hydroxyl groups is 1. The number of fused-ring (bicyclic) bond motifs is 1. The van der Waals surface area contributed by atoms with E-state index in [1.54, 1.807) is 32.9 Å². The molecule has 10 nitrogen and oxygen atoms in total. The summed E-state index contributed by atoms with van der Waals surface area (Å²) in [5.74, 6) is -5.27. The van der Waals surface area contributed by atoms with Crippen molar-refractivity contribution in [1.29, 1.82) is 0 Å². The van der Waals surface area contributed by atoms with Crippen LogP contribution < -0.4 is 21.1 Å². The second-order valence-electron chi connectivity index (χ2n) is 8.90. The highest BCUT2D eigenvalue weighted by atomic mass is 19.1. The van der Waals surface area contributed by atoms with Gasteiger partial charge in [-0.2, -0.15) is 0 Å². The fourth-order valence-electron chi connectivity index (χ4n) is 4.11. The lowest BCUT2D eigenvalue weighted by atomic mass is 9.97. The number of hydrogen-bond acceptors (Lipinski definition) is 7. The quantitative estimate of drug-likeness (QED) is 0.303. The second kappa shape index (κ2) is 11.8. The molecule has 37 heavy (non-hydrogen) atoms. The molecule has 1 aliphatic heterocycles. The molecule has 0 saturated carbocycles. The van der Waals surface area contributed by atoms with E-state index in [2.05, 4.69) is 10.6 Å². The summed E-state index contributed by atoms with van der Waals surface area (Å²) in [6.07, 6.45) is 1.18. The van der Waals surface area contributed by atoms with Crippen molar-refractivity contribution < 1.29 is 33.0 Å². The molecule has 0 radical (unpaired) electrons. The molecule has 1 unspecified atom stereocenters. The highest BCUT2D eigenvalue weighted by Gasteiger charge is 2.41. The topological polar surface area (TPSA) is 122 Å². The van der Waals surface area contributed by atoms with Gasteiger partial charge in [0.2, 0.25) is 5.43 Å². The summed E-state index contributed by atoms with van der Waals surface area (Å²) in [6.45, 7) is 5.49. The SMILES string of the molecule is CCC(O)(OC(C)C)c1c2n(cc(C(=O)NCc3ccc(F)cc3F)c1=O)N(CCCOC)CNC2=O. The van der Waals surface area contributed by atoms with E-state index < -0.39 is 40.8 Å². The lowest BCUT2D eigenvalue weighted by Gasteiger charge is -2.38. The predicted octanol–water partition coefficient (Wildman–Crippen LogP) is 1.71. The molecule has 0 aliphatic carbocycles. The number of nitrogens with one attached hydrogen (secondary N) is 2. The van der Waals surface area contributed by atoms with Gasteiger partial charge in [-0.3, -0.25) is 24.1 Å². The number of methoxy groups -OCH3 is 1. The van der Waals surface area contributed by atoms with Crippen LogP contribution in [-0.4, -0.2) is 54.6 Å². The number of nitrogens with zero attached hydrogens (tertiary/aromatic N) is 2. The Bertz CT molecular complexity index is 1220. The zero-order valence-electron chi connectivity index (χ0n) is 21.3. The number of ether oxygens (including phenoxy) is 2. The Morgan fingerprint density at radius 3 is 2.65 bits per heavy atom. The van der Waals surface area contributed by atoms with Crippen LogP contribution >= 0.6 is 0 Å². The van der Waals surface area contributed by atoms with Crippen LogP contribution in [0.3, 0.4) is 0 Å². The van der Waals surface area contributed by atoms with E-state index in [0.717, 1.165) is 6.07 Å². The van der Waals surface area contributed by atoms with Crippen LogP contribution in [0.25, 0.3) is 0 Å². The molecule has 3 rings (SSSR count). The van der Waals surface area contributed by atoms with Crippen LogP contribution in [0.2, 0.25) is 0 Å². The molecular weight excluding hydrogens is 490 g/mol. The fourth-order valence-corrected chi connectivity index (χ4v) is 4.11. The Balaban J connectivity index is 2.12. The Kier molecular flexibility index (Phi) is 9.00. The first-order valence-corrected chi connectivity index (χ1v) is 12.0. The molecule has 2 amide bonds. The highest BCUT2D eigenvalue weighted by molar-refractivity contribution is 5.98. The predicted molar refractivity (Wildman–Crippen MR) is 131 cm³/mol. The minimum Gasteiger partial charge on any atom is -0.385 e. The first kappa shape index (κ1) is 28.2. The van der Waals surface area contributed by atoms with Gasteiger partial charge in [-0.1, -0.05) is 13.0 Å². The van der Waals surface area contributed by atoms with Gasteiger partial charge in [-0.15, -0.1) is 0 Å². The van der Waals surface area contributed by atoms with Gasteiger partial charge >= 0.3 is 0 Å². The van der Waals surface area contributed by atoms with Crippen LogP contribution in [-0.2, 0) is 21.8 Å². The maximum absolute atomic E-state index is 14.1. The van der Waals surface area contributed by atoms with Crippen LogP contribution in [0.1, 0.15) is 65.6 Å². The van der Waals surface area contributed by atoms with E-state index in [4.69, 9.17) is 9.47 Å². The number of halogens is 2. The molecule has 0 fully saturated rings. The van der Waals surface area contributed by atoms with Gasteiger partial charge in [0.1, 0.15) is 29.6 Å². The molecule has 12 heteroatoms. The van der Waals surface area contributed by atoms with Gasteiger partial charge in [0, 0.05) is 51.1 Å². The summed E-state index contributed by atoms with van der Waals surface area (Å²) in [5, 5.41) is 18.3. The largest absolute Gasteiger partial charge is 0.385 e. The smallest absolute Gasteiger partial charge is 0.271 e. The molecule has 2 heterocycles. The normalized spacial score (nSPS) is 14.8. The van der Waals surface area contributed by atoms with Gasteiger partial charge in [-0.25, -0.2) is 8.78 Å². The maximum atomic E-state index is 14.1. The Labute approximate surface area is 213 Å². The summed E-state index contributed by atoms with van der Waals surface area (Å²) < 4.78 is 39.5. The number of carbonyl (C=O) groups is 2. The zero-order chi connectivity index (χ0) is 27.3. The van der Waals surface area contributed by atoms with Crippen molar-refractivity contribution in [3.63, 3.8) is 0 Å². The average Bonchev–Trinajstić information content (AvgIpc) is 2.84. The first-order chi connectivity index (χ1) is 17.5. The molecule has 1 aromatic heterocycles. The van der Waals surface area contributed by atoms with Crippen molar-refractivity contribution in [3.8, 4) is 0 Å². The molecule has 1 aliphatic rings. The van der Waals surface area contributed by atoms with Crippen molar-refractivity contribution in [2.75, 3.05) is 31.9 Å². The lowest BCUT2D eigenvalue weighted by molar-refractivity contribution is -0.234. The number of aromatic nitrogens is 1. The summed E-state index contributed by atoms with van der Waals surface area (Å²) in [7, 11) is 1.55. The zero-order valence-corrected chi connectivity index (χ0v) is 21.3. The van der Waals surface area contributed by atoms with E-state index in [9.17, 15) is 28.3 Å². The standard InChI is InChI=1S/C25H32F2N4O6/c1-5-25(35,37-15(2)3)20-21-24(34)29-14-30(9-6-10-36-4)31(21)13-18(22(20)32)23(33)28-12-16-7-8-17(26)11-19(16)27/h7-8,11,13,15,35H,5-6,9-10,12,14H2,1-4H3,(H,28,33)(H,29,34). The first-order valence-electron chi connectivity index (χ1n) is 12.0. The van der Waals surface area contributed by atoms with E-state index in [1.807, 2.05) is 0 Å². The van der Waals surface area contributed by atoms with Crippen molar-refractivity contribution in [2.45, 2.75) is 52.0 Å². The Morgan fingerprint density at radius 2 is 2.03 bits per heavy atom. The van der Waals surface area contributed by atoms with Crippen LogP contribution in [0.4, 0.5) is 8.78 Å². The van der Waals surface area contributed by atoms with Gasteiger partial charge in [0.05, 0.1) is 11.7 Å². The minimum atomic E-state index is -2.17. The van der Waals surface area contributed by atoms with E-state index in [-0.39, 0.29) is 42.0 Å². The molecule has 1 atom stereocenters. The molecule has 0 spiro atoms. The Hall–Kier alpha value is -3.35. The molecular formula is C25H32F2N4O6. The summed E-state index contributed by atoms with van der Waals surface area (Å²) in [5.41, 5.74) is -1.80. The third-order valence-electron chi connectivity index (χ3n) is 5.90. The summed E-state index contributed by atoms with van der Waals surface area (Å²) in [4.78, 5) is 39.8. The van der Waals surface area contributed by atoms with Crippen molar-refractivity contribution in [1.82, 2.24) is 15.3 Å². The van der Waals surface area contributed by atoms with Gasteiger partial charge in [-0.05, 0) is 26.3 Å². The third kappa shape index (κ3) is 6.14. The number of amides is 2. The molecule has 2 aromatic rings. The average molecular weight is 523 g/mol. The summed E-state index contributed by atoms with van der Waals surface area (Å²) >= 11 is 0. The minimum absolute atomic E-state index is 0.0156. The van der Waals surface area contributed by atoms with Gasteiger partial charge in [0.25, 0.3) is 11.8 Å². The number of carbonyl (C=O) groups excluding carboxylic acids is 2. The lowest BCUT2D eigenvalue weighted by Crippen LogP contribution is -2.55. The maximum Gasteiger partial charge on any atom is 0.271 e. The van der Waals surface area contributed by atoms with Crippen LogP contribution in [0.15, 0.2) is 29.2 Å². The van der Waals surface area contributed by atoms with Crippen LogP contribution in [0.5, 0.6) is 0 Å². The van der Waals surface area contributed by atoms with Crippen molar-refractivity contribution in [3.05, 3.63) is 68.6 Å². The molecule has 1 aromatic carbocycles. The van der Waals surface area contributed by atoms with Gasteiger partial charge < -0.3 is 25.2 Å². The number of rotatable bonds is 11. The second-order valence-corrected chi connectivity index (χ2v) is 8.90. The summed E-state index contributed by atoms with van der Waals surface area (Å²) in [6, 6.07) is 2.93. The highest BCUT2D eigenvalue weighted by Crippen LogP contribution is 2.30. The molecule has 0 bridgehead atoms. The van der Waals surface area contributed by atoms with E-state index in [0.29, 0.717) is 25.6 Å². The Morgan fingerprint density at radius 1 is 1.30 bits per heavy atom. The van der Waals surface area contributed by atoms with Gasteiger partial charge in [0.15, 0.2) is 5.79 Å². The van der Waals surface area contributed by atoms with Crippen molar-refractivity contribution in [2.24, 2.45) is 0 Å². The molecule has 202 valence electrons. The molecule has 0 saturated heterocycles. The number of hydrogen-bond donors (Lipinski definition) is 3. The number of benzene rings is 1. The van der Waals surface area contributed by atoms with Crippen molar-refractivity contribution >= 4 is 11.8 Å². The van der Waals surface area contributed by atoms with E-state index in [1.165, 1.54) is 16.9 Å². The molecule has 3 N–H and O–H groups in total. The van der Waals surface area contributed by atoms with E-state index >= 15 is 0 Å². The van der Waals surface area contributed by atoms with Crippen LogP contribution in [0, 0.1) is 11.6 Å². The number of pyridine rings is 1. The third-order valence-corrected chi connectivity index (χ3v) is 5.90. The fraction of sp³-hybridized carbons (Fsp3) is 0.480. The monoisotopic (exact) mass is 522 g/mol.